The molecule has 1 rings (SSSR count). The molecular formula is C14H24N2. The number of hydrogen-bond acceptors (Lipinski definition) is 2. The van der Waals surface area contributed by atoms with Crippen molar-refractivity contribution in [2.45, 2.75) is 33.6 Å². The lowest BCUT2D eigenvalue weighted by molar-refractivity contribution is 0.329. The van der Waals surface area contributed by atoms with Crippen LogP contribution < -0.4 is 0 Å². The van der Waals surface area contributed by atoms with E-state index in [9.17, 15) is 0 Å². The number of allylic oxidation sites excluding steroid dienone is 2. The van der Waals surface area contributed by atoms with Gasteiger partial charge in [-0.2, -0.15) is 0 Å². The maximum atomic E-state index is 4.35. The molecule has 2 nitrogen and oxygen atoms in total. The van der Waals surface area contributed by atoms with E-state index < -0.39 is 0 Å². The first-order valence-electron chi connectivity index (χ1n) is 6.18. The molecule has 0 saturated carbocycles. The van der Waals surface area contributed by atoms with E-state index in [2.05, 4.69) is 43.3 Å². The molecule has 0 amide bonds. The Bertz CT molecular complexity index is 313. The Morgan fingerprint density at radius 1 is 1.62 bits per heavy atom. The van der Waals surface area contributed by atoms with Gasteiger partial charge in [-0.25, -0.2) is 0 Å². The second kappa shape index (κ2) is 5.88. The van der Waals surface area contributed by atoms with Gasteiger partial charge in [-0.15, -0.1) is 0 Å². The standard InChI is InChI=1S/C14H24N2/c1-6-11(3)12(4)16-9-8-14(15-5)13(7-2)10-16/h7,11H,4,6,8-10H2,1-3,5H3/b13-7-,15-14?. The molecule has 16 heavy (non-hydrogen) atoms. The zero-order valence-electron chi connectivity index (χ0n) is 11.1. The highest BCUT2D eigenvalue weighted by Gasteiger charge is 2.21. The summed E-state index contributed by atoms with van der Waals surface area (Å²) in [6, 6.07) is 0. The number of nitrogens with zero attached hydrogens (tertiary/aromatic N) is 2. The molecule has 1 unspecified atom stereocenters. The van der Waals surface area contributed by atoms with Gasteiger partial charge in [-0.05, 0) is 24.8 Å². The molecule has 0 radical (unpaired) electrons. The van der Waals surface area contributed by atoms with E-state index in [4.69, 9.17) is 0 Å². The third kappa shape index (κ3) is 2.75. The summed E-state index contributed by atoms with van der Waals surface area (Å²) in [6.07, 6.45) is 4.39. The van der Waals surface area contributed by atoms with Gasteiger partial charge < -0.3 is 4.90 Å². The fraction of sp³-hybridized carbons (Fsp3) is 0.643. The molecular weight excluding hydrogens is 196 g/mol. The van der Waals surface area contributed by atoms with E-state index in [1.54, 1.807) is 0 Å². The van der Waals surface area contributed by atoms with Crippen LogP contribution in [0, 0.1) is 5.92 Å². The van der Waals surface area contributed by atoms with Crippen LogP contribution in [0.1, 0.15) is 33.6 Å². The third-order valence-electron chi connectivity index (χ3n) is 3.56. The summed E-state index contributed by atoms with van der Waals surface area (Å²) in [5.41, 5.74) is 3.89. The minimum atomic E-state index is 0.582. The number of hydrogen-bond donors (Lipinski definition) is 0. The SMILES string of the molecule is C=C(C(C)CC)N1CCC(=NC)/C(=C\C)C1. The molecule has 0 aromatic rings. The lowest BCUT2D eigenvalue weighted by atomic mass is 9.98. The normalized spacial score (nSPS) is 23.9. The quantitative estimate of drug-likeness (QED) is 0.712. The largest absolute Gasteiger partial charge is 0.370 e. The van der Waals surface area contributed by atoms with Gasteiger partial charge in [0.05, 0.1) is 0 Å². The van der Waals surface area contributed by atoms with Gasteiger partial charge in [0.2, 0.25) is 0 Å². The van der Waals surface area contributed by atoms with Crippen LogP contribution in [-0.2, 0) is 0 Å². The van der Waals surface area contributed by atoms with Crippen molar-refractivity contribution in [1.82, 2.24) is 4.90 Å². The highest BCUT2D eigenvalue weighted by molar-refractivity contribution is 6.01. The molecule has 0 bridgehead atoms. The number of aliphatic imine (C=N–C) groups is 1. The lowest BCUT2D eigenvalue weighted by Gasteiger charge is -2.35. The Morgan fingerprint density at radius 2 is 2.31 bits per heavy atom. The fourth-order valence-electron chi connectivity index (χ4n) is 2.08. The number of rotatable bonds is 3. The highest BCUT2D eigenvalue weighted by Crippen LogP contribution is 2.23. The smallest absolute Gasteiger partial charge is 0.0441 e. The van der Waals surface area contributed by atoms with E-state index >= 15 is 0 Å². The topological polar surface area (TPSA) is 15.6 Å². The van der Waals surface area contributed by atoms with E-state index in [0.717, 1.165) is 25.9 Å². The van der Waals surface area contributed by atoms with Gasteiger partial charge in [0.25, 0.3) is 0 Å². The minimum absolute atomic E-state index is 0.582. The first-order chi connectivity index (χ1) is 7.63. The first kappa shape index (κ1) is 13.0. The molecule has 1 heterocycles. The average molecular weight is 220 g/mol. The Labute approximate surface area is 99.8 Å². The van der Waals surface area contributed by atoms with Gasteiger partial charge in [0.15, 0.2) is 0 Å². The van der Waals surface area contributed by atoms with Gasteiger partial charge in [0.1, 0.15) is 0 Å². The van der Waals surface area contributed by atoms with Crippen molar-refractivity contribution < 1.29 is 0 Å². The molecule has 90 valence electrons. The van der Waals surface area contributed by atoms with Crippen LogP contribution in [-0.4, -0.2) is 30.7 Å². The first-order valence-corrected chi connectivity index (χ1v) is 6.18. The second-order valence-electron chi connectivity index (χ2n) is 4.46. The Morgan fingerprint density at radius 3 is 2.81 bits per heavy atom. The zero-order valence-corrected chi connectivity index (χ0v) is 11.1. The highest BCUT2D eigenvalue weighted by atomic mass is 15.1. The van der Waals surface area contributed by atoms with E-state index in [0.29, 0.717) is 5.92 Å². The van der Waals surface area contributed by atoms with Crippen molar-refractivity contribution in [3.05, 3.63) is 23.9 Å². The summed E-state index contributed by atoms with van der Waals surface area (Å²) < 4.78 is 0. The van der Waals surface area contributed by atoms with E-state index in [1.165, 1.54) is 17.0 Å². The van der Waals surface area contributed by atoms with Crippen molar-refractivity contribution in [3.8, 4) is 0 Å². The molecule has 0 spiro atoms. The Kier molecular flexibility index (Phi) is 4.78. The second-order valence-corrected chi connectivity index (χ2v) is 4.46. The molecule has 0 aromatic carbocycles. The van der Waals surface area contributed by atoms with Crippen LogP contribution in [0.25, 0.3) is 0 Å². The van der Waals surface area contributed by atoms with Crippen molar-refractivity contribution >= 4 is 5.71 Å². The van der Waals surface area contributed by atoms with Crippen molar-refractivity contribution in [2.75, 3.05) is 20.1 Å². The van der Waals surface area contributed by atoms with Crippen LogP contribution in [0.5, 0.6) is 0 Å². The predicted octanol–water partition coefficient (Wildman–Crippen LogP) is 3.27. The summed E-state index contributed by atoms with van der Waals surface area (Å²) in [5.74, 6) is 0.582. The molecule has 0 N–H and O–H groups in total. The fourth-order valence-corrected chi connectivity index (χ4v) is 2.08. The molecule has 1 saturated heterocycles. The van der Waals surface area contributed by atoms with Crippen molar-refractivity contribution in [1.29, 1.82) is 0 Å². The van der Waals surface area contributed by atoms with E-state index in [1.807, 2.05) is 7.05 Å². The van der Waals surface area contributed by atoms with Gasteiger partial charge >= 0.3 is 0 Å². The van der Waals surface area contributed by atoms with Crippen LogP contribution in [0.2, 0.25) is 0 Å². The minimum Gasteiger partial charge on any atom is -0.370 e. The molecule has 2 heteroatoms. The summed E-state index contributed by atoms with van der Waals surface area (Å²) >= 11 is 0. The van der Waals surface area contributed by atoms with Gasteiger partial charge in [-0.3, -0.25) is 4.99 Å². The number of piperidine rings is 1. The Hall–Kier alpha value is -1.05. The van der Waals surface area contributed by atoms with Crippen LogP contribution in [0.4, 0.5) is 0 Å². The van der Waals surface area contributed by atoms with Crippen molar-refractivity contribution in [2.24, 2.45) is 10.9 Å². The molecule has 1 fully saturated rings. The van der Waals surface area contributed by atoms with Crippen LogP contribution >= 0.6 is 0 Å². The van der Waals surface area contributed by atoms with Crippen LogP contribution in [0.3, 0.4) is 0 Å². The predicted molar refractivity (Wildman–Crippen MR) is 71.9 cm³/mol. The zero-order chi connectivity index (χ0) is 12.1. The maximum Gasteiger partial charge on any atom is 0.0441 e. The average Bonchev–Trinajstić information content (AvgIpc) is 2.35. The van der Waals surface area contributed by atoms with Crippen LogP contribution in [0.15, 0.2) is 28.9 Å². The summed E-state index contributed by atoms with van der Waals surface area (Å²) in [5, 5.41) is 0. The summed E-state index contributed by atoms with van der Waals surface area (Å²) in [7, 11) is 1.89. The number of likely N-dealkylation sites (tertiary alicyclic amines) is 1. The maximum absolute atomic E-state index is 4.35. The third-order valence-corrected chi connectivity index (χ3v) is 3.56. The molecule has 0 aliphatic carbocycles. The van der Waals surface area contributed by atoms with Gasteiger partial charge in [-0.1, -0.05) is 26.5 Å². The summed E-state index contributed by atoms with van der Waals surface area (Å²) in [6.45, 7) is 12.8. The molecule has 1 aliphatic heterocycles. The summed E-state index contributed by atoms with van der Waals surface area (Å²) in [4.78, 5) is 6.75. The lowest BCUT2D eigenvalue weighted by Crippen LogP contribution is -2.36. The Balaban J connectivity index is 2.72. The van der Waals surface area contributed by atoms with Crippen molar-refractivity contribution in [3.63, 3.8) is 0 Å². The molecule has 1 atom stereocenters. The molecule has 1 aliphatic rings. The monoisotopic (exact) mass is 220 g/mol. The van der Waals surface area contributed by atoms with Gasteiger partial charge in [0, 0.05) is 38.0 Å². The van der Waals surface area contributed by atoms with E-state index in [-0.39, 0.29) is 0 Å². The molecule has 0 aromatic heterocycles.